The molecule has 314 valence electrons. The van der Waals surface area contributed by atoms with Crippen molar-refractivity contribution in [1.82, 2.24) is 24.1 Å². The summed E-state index contributed by atoms with van der Waals surface area (Å²) in [5, 5.41) is 7.27. The molecule has 0 amide bonds. The Kier molecular flexibility index (Phi) is 9.83. The summed E-state index contributed by atoms with van der Waals surface area (Å²) in [5.74, 6) is 1.89. The molecule has 65 heavy (non-hydrogen) atoms. The van der Waals surface area contributed by atoms with E-state index in [4.69, 9.17) is 15.0 Å². The zero-order chi connectivity index (χ0) is 43.4. The van der Waals surface area contributed by atoms with E-state index in [1.165, 1.54) is 84.4 Å². The normalized spacial score (nSPS) is 11.9. The van der Waals surface area contributed by atoms with E-state index in [1.54, 1.807) is 0 Å². The molecule has 0 bridgehead atoms. The Hall–Kier alpha value is -7.41. The summed E-state index contributed by atoms with van der Waals surface area (Å²) < 4.78 is 7.15. The summed E-state index contributed by atoms with van der Waals surface area (Å²) in [6, 6.07) is 64.2. The molecular formula is C59H47N5S. The molecule has 0 aliphatic heterocycles. The lowest BCUT2D eigenvalue weighted by Gasteiger charge is -2.12. The molecule has 4 heterocycles. The third-order valence-electron chi connectivity index (χ3n) is 13.2. The number of aryl methyl sites for hydroxylation is 2. The van der Waals surface area contributed by atoms with Crippen LogP contribution in [0.3, 0.4) is 0 Å². The first-order valence-electron chi connectivity index (χ1n) is 23.1. The summed E-state index contributed by atoms with van der Waals surface area (Å²) in [6.45, 7) is 4.51. The predicted molar refractivity (Wildman–Crippen MR) is 275 cm³/mol. The summed E-state index contributed by atoms with van der Waals surface area (Å²) in [4.78, 5) is 16.1. The van der Waals surface area contributed by atoms with Crippen LogP contribution in [0.2, 0.25) is 0 Å². The fourth-order valence-electron chi connectivity index (χ4n) is 9.85. The molecule has 0 aliphatic rings. The van der Waals surface area contributed by atoms with E-state index in [2.05, 4.69) is 193 Å². The van der Waals surface area contributed by atoms with Crippen molar-refractivity contribution in [2.24, 2.45) is 0 Å². The van der Waals surface area contributed by atoms with Crippen molar-refractivity contribution >= 4 is 75.1 Å². The van der Waals surface area contributed by atoms with Gasteiger partial charge in [-0.2, -0.15) is 9.97 Å². The summed E-state index contributed by atoms with van der Waals surface area (Å²) in [5.41, 5.74) is 12.7. The highest BCUT2D eigenvalue weighted by Gasteiger charge is 2.22. The average molecular weight is 858 g/mol. The largest absolute Gasteiger partial charge is 0.309 e. The summed E-state index contributed by atoms with van der Waals surface area (Å²) in [7, 11) is 0. The third kappa shape index (κ3) is 6.79. The Morgan fingerprint density at radius 1 is 0.415 bits per heavy atom. The van der Waals surface area contributed by atoms with Gasteiger partial charge < -0.3 is 4.57 Å². The maximum atomic E-state index is 5.46. The second kappa shape index (κ2) is 16.3. The highest BCUT2D eigenvalue weighted by atomic mass is 32.1. The van der Waals surface area contributed by atoms with Gasteiger partial charge in [0.15, 0.2) is 11.6 Å². The number of hydrogen-bond acceptors (Lipinski definition) is 4. The lowest BCUT2D eigenvalue weighted by Crippen LogP contribution is -2.06. The molecule has 8 aromatic carbocycles. The number of fused-ring (bicyclic) bond motifs is 9. The zero-order valence-corrected chi connectivity index (χ0v) is 37.4. The first kappa shape index (κ1) is 39.2. The van der Waals surface area contributed by atoms with Crippen LogP contribution in [0.5, 0.6) is 0 Å². The number of unbranched alkanes of at least 4 members (excludes halogenated alkanes) is 2. The minimum absolute atomic E-state index is 0.589. The first-order valence-corrected chi connectivity index (χ1v) is 23.9. The van der Waals surface area contributed by atoms with Gasteiger partial charge in [-0.3, -0.25) is 4.57 Å². The third-order valence-corrected chi connectivity index (χ3v) is 14.4. The highest BCUT2D eigenvalue weighted by molar-refractivity contribution is 7.26. The molecule has 0 aliphatic carbocycles. The van der Waals surface area contributed by atoms with Gasteiger partial charge in [0.2, 0.25) is 5.95 Å². The van der Waals surface area contributed by atoms with Gasteiger partial charge in [0, 0.05) is 58.5 Å². The van der Waals surface area contributed by atoms with Gasteiger partial charge in [-0.25, -0.2) is 4.98 Å². The second-order valence-electron chi connectivity index (χ2n) is 17.3. The topological polar surface area (TPSA) is 48.5 Å². The van der Waals surface area contributed by atoms with E-state index in [-0.39, 0.29) is 0 Å². The van der Waals surface area contributed by atoms with Gasteiger partial charge in [-0.15, -0.1) is 11.3 Å². The average Bonchev–Trinajstić information content (AvgIpc) is 4.01. The van der Waals surface area contributed by atoms with E-state index in [1.807, 2.05) is 17.4 Å². The van der Waals surface area contributed by atoms with Crippen molar-refractivity contribution in [1.29, 1.82) is 0 Å². The number of benzene rings is 8. The maximum absolute atomic E-state index is 5.46. The van der Waals surface area contributed by atoms with Crippen LogP contribution in [-0.2, 0) is 12.8 Å². The molecule has 12 aromatic rings. The monoisotopic (exact) mass is 857 g/mol. The molecule has 0 saturated carbocycles. The fraction of sp³-hybridized carbons (Fsp3) is 0.136. The summed E-state index contributed by atoms with van der Waals surface area (Å²) in [6.07, 6.45) is 6.98. The van der Waals surface area contributed by atoms with Crippen LogP contribution in [-0.4, -0.2) is 24.1 Å². The van der Waals surface area contributed by atoms with Crippen LogP contribution in [0, 0.1) is 0 Å². The molecule has 5 nitrogen and oxygen atoms in total. The van der Waals surface area contributed by atoms with Crippen LogP contribution < -0.4 is 0 Å². The first-order chi connectivity index (χ1) is 32.1. The highest BCUT2D eigenvalue weighted by Crippen LogP contribution is 2.42. The van der Waals surface area contributed by atoms with E-state index in [0.29, 0.717) is 17.6 Å². The molecule has 6 heteroatoms. The Balaban J connectivity index is 1.08. The predicted octanol–water partition coefficient (Wildman–Crippen LogP) is 16.1. The van der Waals surface area contributed by atoms with Gasteiger partial charge in [0.05, 0.1) is 22.1 Å². The molecule has 0 unspecified atom stereocenters. The standard InChI is InChI=1S/C59H47N5S/c1-3-5-16-38-28-31-40(32-29-38)42-20-14-21-43(35-42)63-51-26-12-10-22-44(51)48-36-49-45-23-11-13-27-52(45)64(54(49)37-53(48)63)59-61-57(41-18-8-7-9-19-41)60-58(62-59)47-25-15-24-46-50-34-39(17-6-4-2)30-33-55(50)65-56(46)47/h7-15,18-37H,3-6,16-17H2,1-2H3. The fourth-order valence-corrected chi connectivity index (χ4v) is 11.0. The van der Waals surface area contributed by atoms with Crippen LogP contribution in [0.15, 0.2) is 176 Å². The molecule has 0 radical (unpaired) electrons. The van der Waals surface area contributed by atoms with Gasteiger partial charge in [0.1, 0.15) is 0 Å². The minimum atomic E-state index is 0.589. The number of thiophene rings is 1. The van der Waals surface area contributed by atoms with Crippen molar-refractivity contribution in [2.45, 2.75) is 52.4 Å². The van der Waals surface area contributed by atoms with Gasteiger partial charge >= 0.3 is 0 Å². The van der Waals surface area contributed by atoms with Crippen LogP contribution in [0.25, 0.3) is 109 Å². The number of para-hydroxylation sites is 2. The Labute approximate surface area is 382 Å². The van der Waals surface area contributed by atoms with Crippen molar-refractivity contribution < 1.29 is 0 Å². The second-order valence-corrected chi connectivity index (χ2v) is 18.4. The minimum Gasteiger partial charge on any atom is -0.309 e. The number of aromatic nitrogens is 5. The molecule has 4 aromatic heterocycles. The molecule has 0 fully saturated rings. The van der Waals surface area contributed by atoms with Crippen LogP contribution in [0.4, 0.5) is 0 Å². The molecule has 0 N–H and O–H groups in total. The SMILES string of the molecule is CCCCc1ccc(-c2cccc(-n3c4ccccc4c4cc5c6ccccc6n(-c6nc(-c7ccccc7)nc(-c7cccc8c7sc7ccc(CCCC)cc78)n6)c5cc43)c2)cc1. The van der Waals surface area contributed by atoms with Crippen molar-refractivity contribution in [2.75, 3.05) is 0 Å². The van der Waals surface area contributed by atoms with Gasteiger partial charge in [0.25, 0.3) is 0 Å². The van der Waals surface area contributed by atoms with E-state index >= 15 is 0 Å². The van der Waals surface area contributed by atoms with Crippen molar-refractivity contribution in [3.8, 4) is 45.5 Å². The van der Waals surface area contributed by atoms with E-state index < -0.39 is 0 Å². The number of nitrogens with zero attached hydrogens (tertiary/aromatic N) is 5. The van der Waals surface area contributed by atoms with Crippen LogP contribution in [0.1, 0.15) is 50.7 Å². The molecule has 0 saturated heterocycles. The number of rotatable bonds is 11. The lowest BCUT2D eigenvalue weighted by atomic mass is 10.0. The zero-order valence-electron chi connectivity index (χ0n) is 36.6. The van der Waals surface area contributed by atoms with E-state index in [9.17, 15) is 0 Å². The maximum Gasteiger partial charge on any atom is 0.238 e. The quantitative estimate of drug-likeness (QED) is 0.130. The molecule has 0 spiro atoms. The van der Waals surface area contributed by atoms with Crippen molar-refractivity contribution in [3.05, 3.63) is 187 Å². The van der Waals surface area contributed by atoms with Gasteiger partial charge in [-0.05, 0) is 103 Å². The lowest BCUT2D eigenvalue weighted by molar-refractivity contribution is 0.795. The Morgan fingerprint density at radius 2 is 1.05 bits per heavy atom. The summed E-state index contributed by atoms with van der Waals surface area (Å²) >= 11 is 1.82. The molecule has 0 atom stereocenters. The smallest absolute Gasteiger partial charge is 0.238 e. The Morgan fingerprint density at radius 3 is 1.82 bits per heavy atom. The van der Waals surface area contributed by atoms with E-state index in [0.717, 1.165) is 57.0 Å². The van der Waals surface area contributed by atoms with Crippen LogP contribution >= 0.6 is 11.3 Å². The molecular weight excluding hydrogens is 811 g/mol. The Bertz CT molecular complexity index is 3740. The van der Waals surface area contributed by atoms with Crippen molar-refractivity contribution in [3.63, 3.8) is 0 Å². The molecule has 12 rings (SSSR count). The van der Waals surface area contributed by atoms with Gasteiger partial charge in [-0.1, -0.05) is 148 Å². The number of hydrogen-bond donors (Lipinski definition) is 0.